The van der Waals surface area contributed by atoms with E-state index in [-0.39, 0.29) is 17.7 Å². The van der Waals surface area contributed by atoms with Gasteiger partial charge in [0.05, 0.1) is 11.4 Å². The Morgan fingerprint density at radius 3 is 2.87 bits per heavy atom. The number of hydrogen-bond acceptors (Lipinski definition) is 5. The highest BCUT2D eigenvalue weighted by Gasteiger charge is 2.13. The Morgan fingerprint density at radius 1 is 1.16 bits per heavy atom. The number of benzene rings is 2. The number of nitrogens with one attached hydrogen (secondary N) is 1. The lowest BCUT2D eigenvalue weighted by atomic mass is 10.1. The van der Waals surface area contributed by atoms with E-state index in [4.69, 9.17) is 4.74 Å². The Kier molecular flexibility index (Phi) is 6.08. The Bertz CT molecular complexity index is 1220. The molecule has 0 unspecified atom stereocenters. The maximum atomic E-state index is 13.3. The van der Waals surface area contributed by atoms with Gasteiger partial charge in [-0.05, 0) is 60.2 Å². The van der Waals surface area contributed by atoms with Crippen molar-refractivity contribution in [1.82, 2.24) is 14.8 Å². The van der Waals surface area contributed by atoms with Crippen LogP contribution in [0, 0.1) is 19.7 Å². The van der Waals surface area contributed by atoms with Crippen molar-refractivity contribution < 1.29 is 13.9 Å². The second-order valence-electron chi connectivity index (χ2n) is 7.23. The van der Waals surface area contributed by atoms with Gasteiger partial charge in [0.2, 0.25) is 5.95 Å². The molecule has 0 bridgehead atoms. The van der Waals surface area contributed by atoms with Crippen molar-refractivity contribution in [2.45, 2.75) is 27.0 Å². The van der Waals surface area contributed by atoms with E-state index in [9.17, 15) is 9.18 Å². The van der Waals surface area contributed by atoms with Gasteiger partial charge in [0, 0.05) is 5.56 Å². The molecule has 0 radical (unpaired) electrons. The molecule has 2 heterocycles. The van der Waals surface area contributed by atoms with Crippen LogP contribution in [0.3, 0.4) is 0 Å². The van der Waals surface area contributed by atoms with Gasteiger partial charge in [0.25, 0.3) is 5.91 Å². The highest BCUT2D eigenvalue weighted by Crippen LogP contribution is 2.22. The average Bonchev–Trinajstić information content (AvgIpc) is 3.38. The van der Waals surface area contributed by atoms with Crippen LogP contribution in [-0.4, -0.2) is 20.7 Å². The molecule has 0 atom stereocenters. The monoisotopic (exact) mass is 436 g/mol. The summed E-state index contributed by atoms with van der Waals surface area (Å²) in [5.41, 5.74) is 3.88. The molecule has 6 nitrogen and oxygen atoms in total. The summed E-state index contributed by atoms with van der Waals surface area (Å²) in [5, 5.41) is 8.82. The molecule has 2 aromatic carbocycles. The van der Waals surface area contributed by atoms with Crippen molar-refractivity contribution in [3.63, 3.8) is 0 Å². The highest BCUT2D eigenvalue weighted by molar-refractivity contribution is 7.12. The van der Waals surface area contributed by atoms with E-state index in [2.05, 4.69) is 15.4 Å². The summed E-state index contributed by atoms with van der Waals surface area (Å²) in [6.07, 6.45) is 1.50. The number of halogens is 1. The second-order valence-corrected chi connectivity index (χ2v) is 8.14. The lowest BCUT2D eigenvalue weighted by Crippen LogP contribution is -2.12. The first-order valence-corrected chi connectivity index (χ1v) is 10.6. The number of hydrogen-bond donors (Lipinski definition) is 1. The summed E-state index contributed by atoms with van der Waals surface area (Å²) in [7, 11) is 0. The molecule has 8 heteroatoms. The summed E-state index contributed by atoms with van der Waals surface area (Å²) in [6, 6.07) is 14.1. The predicted octanol–water partition coefficient (Wildman–Crippen LogP) is 4.98. The van der Waals surface area contributed by atoms with Crippen LogP contribution in [-0.2, 0) is 13.2 Å². The quantitative estimate of drug-likeness (QED) is 0.444. The third kappa shape index (κ3) is 5.35. The minimum absolute atomic E-state index is 0.197. The van der Waals surface area contributed by atoms with E-state index < -0.39 is 0 Å². The maximum absolute atomic E-state index is 13.3. The summed E-state index contributed by atoms with van der Waals surface area (Å²) >= 11 is 1.33. The fourth-order valence-electron chi connectivity index (χ4n) is 3.01. The molecule has 1 N–H and O–H groups in total. The second kappa shape index (κ2) is 9.09. The molecule has 2 aromatic heterocycles. The Labute approximate surface area is 183 Å². The molecule has 0 saturated carbocycles. The van der Waals surface area contributed by atoms with Crippen LogP contribution in [0.1, 0.15) is 31.9 Å². The molecule has 0 fully saturated rings. The fraction of sp³-hybridized carbons (Fsp3) is 0.174. The fourth-order valence-corrected chi connectivity index (χ4v) is 3.80. The zero-order valence-electron chi connectivity index (χ0n) is 17.1. The molecule has 0 aliphatic rings. The number of carbonyl (C=O) groups excluding carboxylic acids is 1. The van der Waals surface area contributed by atoms with Crippen LogP contribution in [0.15, 0.2) is 60.2 Å². The number of anilines is 1. The van der Waals surface area contributed by atoms with Crippen LogP contribution in [0.2, 0.25) is 0 Å². The van der Waals surface area contributed by atoms with Crippen molar-refractivity contribution >= 4 is 23.2 Å². The topological polar surface area (TPSA) is 69.0 Å². The van der Waals surface area contributed by atoms with Crippen LogP contribution < -0.4 is 10.1 Å². The zero-order chi connectivity index (χ0) is 21.8. The van der Waals surface area contributed by atoms with Gasteiger partial charge in [-0.2, -0.15) is 0 Å². The van der Waals surface area contributed by atoms with Gasteiger partial charge in [-0.3, -0.25) is 10.1 Å². The van der Waals surface area contributed by atoms with E-state index in [1.165, 1.54) is 29.8 Å². The number of thiophene rings is 1. The van der Waals surface area contributed by atoms with Gasteiger partial charge in [0.15, 0.2) is 0 Å². The van der Waals surface area contributed by atoms with E-state index in [1.54, 1.807) is 22.9 Å². The van der Waals surface area contributed by atoms with Crippen molar-refractivity contribution in [2.75, 3.05) is 5.32 Å². The number of rotatable bonds is 7. The maximum Gasteiger partial charge on any atom is 0.268 e. The number of aromatic nitrogens is 3. The van der Waals surface area contributed by atoms with Gasteiger partial charge < -0.3 is 4.74 Å². The zero-order valence-corrected chi connectivity index (χ0v) is 17.9. The Hall–Kier alpha value is -3.52. The molecule has 0 spiro atoms. The predicted molar refractivity (Wildman–Crippen MR) is 118 cm³/mol. The highest BCUT2D eigenvalue weighted by atomic mass is 32.1. The van der Waals surface area contributed by atoms with Crippen molar-refractivity contribution in [3.8, 4) is 5.75 Å². The minimum Gasteiger partial charge on any atom is -0.489 e. The number of aryl methyl sites for hydroxylation is 2. The summed E-state index contributed by atoms with van der Waals surface area (Å²) in [6.45, 7) is 4.77. The minimum atomic E-state index is -0.304. The number of nitrogens with zero attached hydrogens (tertiary/aromatic N) is 3. The summed E-state index contributed by atoms with van der Waals surface area (Å²) < 4.78 is 20.8. The molecule has 0 aliphatic carbocycles. The smallest absolute Gasteiger partial charge is 0.268 e. The lowest BCUT2D eigenvalue weighted by molar-refractivity contribution is 0.102. The van der Waals surface area contributed by atoms with Crippen molar-refractivity contribution in [1.29, 1.82) is 0 Å². The van der Waals surface area contributed by atoms with Gasteiger partial charge in [-0.25, -0.2) is 14.1 Å². The Balaban J connectivity index is 1.35. The largest absolute Gasteiger partial charge is 0.489 e. The van der Waals surface area contributed by atoms with E-state index in [1.807, 2.05) is 37.4 Å². The molecule has 0 saturated heterocycles. The molecule has 4 rings (SSSR count). The van der Waals surface area contributed by atoms with Crippen LogP contribution in [0.5, 0.6) is 5.75 Å². The number of ether oxygens (including phenoxy) is 1. The van der Waals surface area contributed by atoms with E-state index in [0.717, 1.165) is 28.0 Å². The lowest BCUT2D eigenvalue weighted by Gasteiger charge is -2.08. The molecule has 31 heavy (non-hydrogen) atoms. The molecular weight excluding hydrogens is 415 g/mol. The molecular formula is C23H21FN4O2S. The SMILES string of the molecule is Cc1ccc(C)c(OCc2csc(C(=O)Nc3ncn(Cc4cccc(F)c4)n3)c2)c1. The van der Waals surface area contributed by atoms with E-state index >= 15 is 0 Å². The van der Waals surface area contributed by atoms with Crippen LogP contribution >= 0.6 is 11.3 Å². The van der Waals surface area contributed by atoms with Gasteiger partial charge in [-0.1, -0.05) is 24.3 Å². The summed E-state index contributed by atoms with van der Waals surface area (Å²) in [5.74, 6) is 0.445. The molecule has 1 amide bonds. The van der Waals surface area contributed by atoms with Crippen molar-refractivity contribution in [2.24, 2.45) is 0 Å². The van der Waals surface area contributed by atoms with Crippen LogP contribution in [0.25, 0.3) is 0 Å². The van der Waals surface area contributed by atoms with E-state index in [0.29, 0.717) is 18.0 Å². The van der Waals surface area contributed by atoms with Gasteiger partial charge in [0.1, 0.15) is 24.5 Å². The third-order valence-electron chi connectivity index (χ3n) is 4.61. The normalized spacial score (nSPS) is 10.8. The number of carbonyl (C=O) groups is 1. The number of amides is 1. The first-order valence-electron chi connectivity index (χ1n) is 9.69. The molecule has 0 aliphatic heterocycles. The van der Waals surface area contributed by atoms with Crippen molar-refractivity contribution in [3.05, 3.63) is 93.2 Å². The van der Waals surface area contributed by atoms with Gasteiger partial charge >= 0.3 is 0 Å². The Morgan fingerprint density at radius 2 is 2.03 bits per heavy atom. The molecule has 4 aromatic rings. The molecule has 158 valence electrons. The first-order chi connectivity index (χ1) is 15.0. The first kappa shape index (κ1) is 20.7. The average molecular weight is 437 g/mol. The summed E-state index contributed by atoms with van der Waals surface area (Å²) in [4.78, 5) is 17.2. The standard InChI is InChI=1S/C23H21FN4O2S/c1-15-6-7-16(2)20(8-15)30-12-18-10-21(31-13-18)22(29)26-23-25-14-28(27-23)11-17-4-3-5-19(24)9-17/h3-10,13-14H,11-12H2,1-2H3,(H,26,27,29). The third-order valence-corrected chi connectivity index (χ3v) is 5.59. The van der Waals surface area contributed by atoms with Crippen LogP contribution in [0.4, 0.5) is 10.3 Å². The van der Waals surface area contributed by atoms with Gasteiger partial charge in [-0.15, -0.1) is 16.4 Å².